The Balaban J connectivity index is 2.20. The quantitative estimate of drug-likeness (QED) is 0.812. The number of nitrogens with zero attached hydrogens (tertiary/aromatic N) is 1. The Labute approximate surface area is 120 Å². The summed E-state index contributed by atoms with van der Waals surface area (Å²) >= 11 is 3.29. The molecule has 0 aliphatic rings. The van der Waals surface area contributed by atoms with E-state index in [9.17, 15) is 9.59 Å². The predicted molar refractivity (Wildman–Crippen MR) is 78.6 cm³/mol. The largest absolute Gasteiger partial charge is 0.307 e. The fourth-order valence-electron chi connectivity index (χ4n) is 1.80. The minimum atomic E-state index is -0.179. The SMILES string of the molecule is CCc1ccc(C(=O)Cn2cc(Br)ccc2=O)cc1. The molecule has 1 heterocycles. The van der Waals surface area contributed by atoms with Crippen LogP contribution in [0.3, 0.4) is 0 Å². The first kappa shape index (κ1) is 13.7. The molecule has 4 heteroatoms. The molecule has 0 fully saturated rings. The summed E-state index contributed by atoms with van der Waals surface area (Å²) in [6.45, 7) is 2.13. The molecular formula is C15H14BrNO2. The van der Waals surface area contributed by atoms with Crippen LogP contribution in [-0.4, -0.2) is 10.4 Å². The fraction of sp³-hybridized carbons (Fsp3) is 0.200. The summed E-state index contributed by atoms with van der Waals surface area (Å²) in [6.07, 6.45) is 2.57. The van der Waals surface area contributed by atoms with Crippen molar-refractivity contribution in [3.05, 3.63) is 68.5 Å². The third-order valence-electron chi connectivity index (χ3n) is 2.95. The first-order valence-electron chi connectivity index (χ1n) is 6.08. The Hall–Kier alpha value is -1.68. The molecule has 19 heavy (non-hydrogen) atoms. The van der Waals surface area contributed by atoms with Crippen LogP contribution in [0.25, 0.3) is 0 Å². The maximum absolute atomic E-state index is 12.1. The van der Waals surface area contributed by atoms with E-state index < -0.39 is 0 Å². The standard InChI is InChI=1S/C15H14BrNO2/c1-2-11-3-5-12(6-4-11)14(18)10-17-9-13(16)7-8-15(17)19/h3-9H,2,10H2,1H3. The van der Waals surface area contributed by atoms with E-state index in [0.717, 1.165) is 10.9 Å². The molecule has 0 bridgehead atoms. The van der Waals surface area contributed by atoms with Gasteiger partial charge in [0.15, 0.2) is 5.78 Å². The Morgan fingerprint density at radius 2 is 1.84 bits per heavy atom. The summed E-state index contributed by atoms with van der Waals surface area (Å²) in [6, 6.07) is 10.6. The Morgan fingerprint density at radius 3 is 2.47 bits per heavy atom. The van der Waals surface area contributed by atoms with Crippen molar-refractivity contribution in [2.45, 2.75) is 19.9 Å². The summed E-state index contributed by atoms with van der Waals surface area (Å²) in [5, 5.41) is 0. The molecule has 0 saturated heterocycles. The Morgan fingerprint density at radius 1 is 1.16 bits per heavy atom. The van der Waals surface area contributed by atoms with Crippen molar-refractivity contribution in [3.8, 4) is 0 Å². The molecule has 0 atom stereocenters. The van der Waals surface area contributed by atoms with Gasteiger partial charge in [-0.05, 0) is 34.0 Å². The molecule has 0 spiro atoms. The number of rotatable bonds is 4. The van der Waals surface area contributed by atoms with Gasteiger partial charge in [0.2, 0.25) is 0 Å². The molecule has 0 saturated carbocycles. The molecule has 98 valence electrons. The second-order valence-corrected chi connectivity index (χ2v) is 5.20. The van der Waals surface area contributed by atoms with Gasteiger partial charge in [0, 0.05) is 22.3 Å². The molecule has 0 aliphatic heterocycles. The molecule has 1 aromatic heterocycles. The van der Waals surface area contributed by atoms with E-state index in [0.29, 0.717) is 5.56 Å². The molecule has 1 aromatic carbocycles. The van der Waals surface area contributed by atoms with Gasteiger partial charge < -0.3 is 4.57 Å². The van der Waals surface area contributed by atoms with Crippen molar-refractivity contribution in [2.24, 2.45) is 0 Å². The van der Waals surface area contributed by atoms with Gasteiger partial charge in [-0.25, -0.2) is 0 Å². The minimum Gasteiger partial charge on any atom is -0.307 e. The Bertz CT molecular complexity index is 644. The maximum atomic E-state index is 12.1. The molecule has 0 radical (unpaired) electrons. The van der Waals surface area contributed by atoms with Gasteiger partial charge in [-0.15, -0.1) is 0 Å². The summed E-state index contributed by atoms with van der Waals surface area (Å²) in [5.74, 6) is -0.0668. The molecule has 3 nitrogen and oxygen atoms in total. The zero-order chi connectivity index (χ0) is 13.8. The number of Topliss-reactive ketones (excluding diaryl/α,β-unsaturated/α-hetero) is 1. The van der Waals surface area contributed by atoms with E-state index >= 15 is 0 Å². The number of aromatic nitrogens is 1. The van der Waals surface area contributed by atoms with Crippen LogP contribution in [0.1, 0.15) is 22.8 Å². The third-order valence-corrected chi connectivity index (χ3v) is 3.41. The van der Waals surface area contributed by atoms with Crippen molar-refractivity contribution in [1.29, 1.82) is 0 Å². The monoisotopic (exact) mass is 319 g/mol. The van der Waals surface area contributed by atoms with E-state index in [1.165, 1.54) is 16.2 Å². The van der Waals surface area contributed by atoms with Gasteiger partial charge in [-0.2, -0.15) is 0 Å². The lowest BCUT2D eigenvalue weighted by Crippen LogP contribution is -2.22. The van der Waals surface area contributed by atoms with E-state index in [1.54, 1.807) is 12.3 Å². The topological polar surface area (TPSA) is 39.1 Å². The van der Waals surface area contributed by atoms with Gasteiger partial charge in [-0.3, -0.25) is 9.59 Å². The van der Waals surface area contributed by atoms with Crippen LogP contribution in [0.4, 0.5) is 0 Å². The van der Waals surface area contributed by atoms with E-state index in [4.69, 9.17) is 0 Å². The number of hydrogen-bond donors (Lipinski definition) is 0. The lowest BCUT2D eigenvalue weighted by atomic mass is 10.1. The summed E-state index contributed by atoms with van der Waals surface area (Å²) in [5.41, 5.74) is 1.64. The molecule has 0 N–H and O–H groups in total. The molecule has 2 rings (SSSR count). The smallest absolute Gasteiger partial charge is 0.251 e. The number of aryl methyl sites for hydroxylation is 1. The lowest BCUT2D eigenvalue weighted by Gasteiger charge is -2.06. The second-order valence-electron chi connectivity index (χ2n) is 4.29. The summed E-state index contributed by atoms with van der Waals surface area (Å²) in [7, 11) is 0. The number of halogens is 1. The van der Waals surface area contributed by atoms with Crippen molar-refractivity contribution in [3.63, 3.8) is 0 Å². The number of carbonyl (C=O) groups excluding carboxylic acids is 1. The predicted octanol–water partition coefficient (Wildman–Crippen LogP) is 3.06. The summed E-state index contributed by atoms with van der Waals surface area (Å²) < 4.78 is 2.18. The Kier molecular flexibility index (Phi) is 4.32. The van der Waals surface area contributed by atoms with Crippen LogP contribution < -0.4 is 5.56 Å². The number of ketones is 1. The van der Waals surface area contributed by atoms with E-state index in [2.05, 4.69) is 22.9 Å². The lowest BCUT2D eigenvalue weighted by molar-refractivity contribution is 0.0971. The molecule has 0 unspecified atom stereocenters. The van der Waals surface area contributed by atoms with E-state index in [1.807, 2.05) is 24.3 Å². The molecule has 0 amide bonds. The van der Waals surface area contributed by atoms with E-state index in [-0.39, 0.29) is 17.9 Å². The molecule has 2 aromatic rings. The summed E-state index contributed by atoms with van der Waals surface area (Å²) in [4.78, 5) is 23.7. The third kappa shape index (κ3) is 3.41. The number of carbonyl (C=O) groups is 1. The van der Waals surface area contributed by atoms with Gasteiger partial charge in [0.05, 0.1) is 6.54 Å². The van der Waals surface area contributed by atoms with Crippen molar-refractivity contribution in [1.82, 2.24) is 4.57 Å². The first-order chi connectivity index (χ1) is 9.10. The first-order valence-corrected chi connectivity index (χ1v) is 6.87. The number of benzene rings is 1. The number of hydrogen-bond acceptors (Lipinski definition) is 2. The van der Waals surface area contributed by atoms with Gasteiger partial charge in [-0.1, -0.05) is 31.2 Å². The zero-order valence-electron chi connectivity index (χ0n) is 10.6. The highest BCUT2D eigenvalue weighted by Gasteiger charge is 2.08. The average Bonchev–Trinajstić information content (AvgIpc) is 2.43. The van der Waals surface area contributed by atoms with Crippen LogP contribution in [0.15, 0.2) is 51.9 Å². The van der Waals surface area contributed by atoms with Crippen LogP contribution in [0.5, 0.6) is 0 Å². The van der Waals surface area contributed by atoms with Gasteiger partial charge in [0.25, 0.3) is 5.56 Å². The molecule has 0 aliphatic carbocycles. The zero-order valence-corrected chi connectivity index (χ0v) is 12.2. The highest BCUT2D eigenvalue weighted by Crippen LogP contribution is 2.08. The van der Waals surface area contributed by atoms with Gasteiger partial charge in [0.1, 0.15) is 0 Å². The van der Waals surface area contributed by atoms with Crippen molar-refractivity contribution >= 4 is 21.7 Å². The second kappa shape index (κ2) is 5.97. The van der Waals surface area contributed by atoms with Crippen LogP contribution in [0, 0.1) is 0 Å². The maximum Gasteiger partial charge on any atom is 0.251 e. The highest BCUT2D eigenvalue weighted by molar-refractivity contribution is 9.10. The normalized spacial score (nSPS) is 10.4. The van der Waals surface area contributed by atoms with Crippen molar-refractivity contribution in [2.75, 3.05) is 0 Å². The van der Waals surface area contributed by atoms with Gasteiger partial charge >= 0.3 is 0 Å². The minimum absolute atomic E-state index is 0.0593. The number of pyridine rings is 1. The van der Waals surface area contributed by atoms with Crippen LogP contribution in [-0.2, 0) is 13.0 Å². The van der Waals surface area contributed by atoms with Crippen molar-refractivity contribution < 1.29 is 4.79 Å². The molecular weight excluding hydrogens is 306 g/mol. The van der Waals surface area contributed by atoms with Crippen LogP contribution >= 0.6 is 15.9 Å². The fourth-order valence-corrected chi connectivity index (χ4v) is 2.18. The van der Waals surface area contributed by atoms with Crippen LogP contribution in [0.2, 0.25) is 0 Å². The highest BCUT2D eigenvalue weighted by atomic mass is 79.9. The average molecular weight is 320 g/mol.